The molecule has 0 aromatic heterocycles. The molecule has 1 amide bonds. The zero-order chi connectivity index (χ0) is 29.4. The van der Waals surface area contributed by atoms with Gasteiger partial charge in [-0.1, -0.05) is 140 Å². The van der Waals surface area contributed by atoms with Crippen LogP contribution in [0.3, 0.4) is 0 Å². The minimum Gasteiger partial charge on any atom is -0.394 e. The van der Waals surface area contributed by atoms with Gasteiger partial charge >= 0.3 is 0 Å². The number of amides is 1. The standard InChI is InChI=1S/C36H67NO3/c1-3-5-7-9-11-13-15-17-18-19-20-21-23-25-27-29-31-35(39)34(33-38)37-36(40)32-30-28-26-24-22-16-14-12-10-8-6-4-2/h12,14,21,23,29,31,34-35,38-39H,3-11,13,15-20,22,24-28,30,32-33H2,1-2H3,(H,37,40)/b14-12-,23-21+,31-29+. The van der Waals surface area contributed by atoms with Crippen molar-refractivity contribution in [2.24, 2.45) is 0 Å². The molecule has 234 valence electrons. The van der Waals surface area contributed by atoms with E-state index in [4.69, 9.17) is 0 Å². The number of unbranched alkanes of at least 4 members (excludes halogenated alkanes) is 19. The van der Waals surface area contributed by atoms with Crippen molar-refractivity contribution in [3.63, 3.8) is 0 Å². The minimum absolute atomic E-state index is 0.0866. The van der Waals surface area contributed by atoms with Crippen LogP contribution in [-0.2, 0) is 4.79 Å². The highest BCUT2D eigenvalue weighted by molar-refractivity contribution is 5.76. The third-order valence-electron chi connectivity index (χ3n) is 7.60. The molecular formula is C36H67NO3. The predicted octanol–water partition coefficient (Wildman–Crippen LogP) is 9.90. The number of aliphatic hydroxyl groups excluding tert-OH is 2. The zero-order valence-corrected chi connectivity index (χ0v) is 26.6. The molecule has 0 heterocycles. The summed E-state index contributed by atoms with van der Waals surface area (Å²) >= 11 is 0. The fraction of sp³-hybridized carbons (Fsp3) is 0.806. The van der Waals surface area contributed by atoms with E-state index in [-0.39, 0.29) is 12.5 Å². The predicted molar refractivity (Wildman–Crippen MR) is 175 cm³/mol. The van der Waals surface area contributed by atoms with Crippen LogP contribution in [0.1, 0.15) is 168 Å². The summed E-state index contributed by atoms with van der Waals surface area (Å²) in [5, 5.41) is 22.8. The van der Waals surface area contributed by atoms with Gasteiger partial charge in [-0.3, -0.25) is 4.79 Å². The lowest BCUT2D eigenvalue weighted by Crippen LogP contribution is -2.45. The number of carbonyl (C=O) groups is 1. The molecule has 0 spiro atoms. The van der Waals surface area contributed by atoms with E-state index in [0.29, 0.717) is 6.42 Å². The van der Waals surface area contributed by atoms with Gasteiger partial charge in [0, 0.05) is 6.42 Å². The van der Waals surface area contributed by atoms with Crippen molar-refractivity contribution in [2.75, 3.05) is 6.61 Å². The van der Waals surface area contributed by atoms with Crippen LogP contribution >= 0.6 is 0 Å². The van der Waals surface area contributed by atoms with E-state index in [1.54, 1.807) is 6.08 Å². The van der Waals surface area contributed by atoms with Gasteiger partial charge in [0.05, 0.1) is 18.8 Å². The largest absolute Gasteiger partial charge is 0.394 e. The maximum absolute atomic E-state index is 12.2. The van der Waals surface area contributed by atoms with Crippen molar-refractivity contribution in [2.45, 2.75) is 180 Å². The molecule has 2 atom stereocenters. The molecule has 0 aromatic rings. The van der Waals surface area contributed by atoms with Crippen LogP contribution in [-0.4, -0.2) is 34.9 Å². The number of nitrogens with one attached hydrogen (secondary N) is 1. The third kappa shape index (κ3) is 28.1. The van der Waals surface area contributed by atoms with E-state index in [1.165, 1.54) is 103 Å². The van der Waals surface area contributed by atoms with Gasteiger partial charge in [-0.05, 0) is 57.8 Å². The Bertz CT molecular complexity index is 613. The van der Waals surface area contributed by atoms with E-state index in [1.807, 2.05) is 6.08 Å². The molecule has 40 heavy (non-hydrogen) atoms. The minimum atomic E-state index is -0.861. The monoisotopic (exact) mass is 562 g/mol. The topological polar surface area (TPSA) is 69.6 Å². The SMILES string of the molecule is CCCCC/C=C\CCCCCCCC(=O)NC(CO)C(O)/C=C/CC/C=C/CCCCCCCCCCCC. The quantitative estimate of drug-likeness (QED) is 0.0603. The Hall–Kier alpha value is -1.39. The highest BCUT2D eigenvalue weighted by Crippen LogP contribution is 2.12. The summed E-state index contributed by atoms with van der Waals surface area (Å²) < 4.78 is 0. The first-order chi connectivity index (χ1) is 19.7. The third-order valence-corrected chi connectivity index (χ3v) is 7.60. The number of aliphatic hydroxyl groups is 2. The van der Waals surface area contributed by atoms with Gasteiger partial charge in [-0.25, -0.2) is 0 Å². The van der Waals surface area contributed by atoms with Gasteiger partial charge in [0.15, 0.2) is 0 Å². The van der Waals surface area contributed by atoms with Gasteiger partial charge < -0.3 is 15.5 Å². The molecule has 0 saturated carbocycles. The van der Waals surface area contributed by atoms with Crippen molar-refractivity contribution >= 4 is 5.91 Å². The van der Waals surface area contributed by atoms with Gasteiger partial charge in [0.25, 0.3) is 0 Å². The Labute approximate surface area is 249 Å². The molecule has 0 rings (SSSR count). The Kier molecular flexibility index (Phi) is 31.0. The second-order valence-electron chi connectivity index (χ2n) is 11.6. The molecule has 2 unspecified atom stereocenters. The Balaban J connectivity index is 3.72. The van der Waals surface area contributed by atoms with E-state index < -0.39 is 12.1 Å². The maximum Gasteiger partial charge on any atom is 0.220 e. The smallest absolute Gasteiger partial charge is 0.220 e. The summed E-state index contributed by atoms with van der Waals surface area (Å²) in [7, 11) is 0. The highest BCUT2D eigenvalue weighted by atomic mass is 16.3. The molecule has 0 aliphatic rings. The molecule has 0 saturated heterocycles. The fourth-order valence-corrected chi connectivity index (χ4v) is 4.89. The number of hydrogen-bond acceptors (Lipinski definition) is 3. The molecule has 0 radical (unpaired) electrons. The lowest BCUT2D eigenvalue weighted by molar-refractivity contribution is -0.123. The Morgan fingerprint density at radius 3 is 1.50 bits per heavy atom. The molecule has 4 heteroatoms. The number of carbonyl (C=O) groups excluding carboxylic acids is 1. The molecular weight excluding hydrogens is 494 g/mol. The summed E-state index contributed by atoms with van der Waals surface area (Å²) in [6, 6.07) is -0.639. The van der Waals surface area contributed by atoms with Crippen molar-refractivity contribution in [1.29, 1.82) is 0 Å². The van der Waals surface area contributed by atoms with E-state index in [9.17, 15) is 15.0 Å². The average molecular weight is 562 g/mol. The van der Waals surface area contributed by atoms with Crippen LogP contribution in [0.2, 0.25) is 0 Å². The lowest BCUT2D eigenvalue weighted by atomic mass is 10.1. The molecule has 0 aliphatic heterocycles. The first kappa shape index (κ1) is 38.6. The van der Waals surface area contributed by atoms with Crippen molar-refractivity contribution < 1.29 is 15.0 Å². The van der Waals surface area contributed by atoms with Crippen molar-refractivity contribution in [3.8, 4) is 0 Å². The lowest BCUT2D eigenvalue weighted by Gasteiger charge is -2.19. The second-order valence-corrected chi connectivity index (χ2v) is 11.6. The first-order valence-electron chi connectivity index (χ1n) is 17.2. The van der Waals surface area contributed by atoms with E-state index in [0.717, 1.165) is 44.9 Å². The molecule has 0 aliphatic carbocycles. The van der Waals surface area contributed by atoms with Gasteiger partial charge in [0.2, 0.25) is 5.91 Å². The summed E-state index contributed by atoms with van der Waals surface area (Å²) in [6.45, 7) is 4.24. The van der Waals surface area contributed by atoms with Crippen LogP contribution in [0.5, 0.6) is 0 Å². The average Bonchev–Trinajstić information content (AvgIpc) is 2.96. The van der Waals surface area contributed by atoms with Crippen molar-refractivity contribution in [3.05, 3.63) is 36.5 Å². The number of rotatable bonds is 30. The summed E-state index contributed by atoms with van der Waals surface area (Å²) in [5.41, 5.74) is 0. The molecule has 0 fully saturated rings. The van der Waals surface area contributed by atoms with Crippen LogP contribution in [0.4, 0.5) is 0 Å². The summed E-state index contributed by atoms with van der Waals surface area (Å²) in [6.07, 6.45) is 40.8. The van der Waals surface area contributed by atoms with Gasteiger partial charge in [-0.2, -0.15) is 0 Å². The fourth-order valence-electron chi connectivity index (χ4n) is 4.89. The maximum atomic E-state index is 12.2. The summed E-state index contributed by atoms with van der Waals surface area (Å²) in [4.78, 5) is 12.2. The zero-order valence-electron chi connectivity index (χ0n) is 26.6. The van der Waals surface area contributed by atoms with Crippen LogP contribution in [0.15, 0.2) is 36.5 Å². The first-order valence-corrected chi connectivity index (χ1v) is 17.2. The van der Waals surface area contributed by atoms with Gasteiger partial charge in [-0.15, -0.1) is 0 Å². The molecule has 4 nitrogen and oxygen atoms in total. The second kappa shape index (κ2) is 32.1. The van der Waals surface area contributed by atoms with E-state index in [2.05, 4.69) is 43.5 Å². The van der Waals surface area contributed by atoms with Gasteiger partial charge in [0.1, 0.15) is 0 Å². The number of allylic oxidation sites excluding steroid dienone is 5. The molecule has 3 N–H and O–H groups in total. The summed E-state index contributed by atoms with van der Waals surface area (Å²) in [5.74, 6) is -0.0866. The molecule has 0 aromatic carbocycles. The normalized spacial score (nSPS) is 13.6. The Morgan fingerprint density at radius 1 is 0.575 bits per heavy atom. The number of hydrogen-bond donors (Lipinski definition) is 3. The van der Waals surface area contributed by atoms with Crippen molar-refractivity contribution in [1.82, 2.24) is 5.32 Å². The Morgan fingerprint density at radius 2 is 0.975 bits per heavy atom. The molecule has 0 bridgehead atoms. The highest BCUT2D eigenvalue weighted by Gasteiger charge is 2.17. The van der Waals surface area contributed by atoms with E-state index >= 15 is 0 Å². The van der Waals surface area contributed by atoms with Crippen LogP contribution in [0.25, 0.3) is 0 Å². The van der Waals surface area contributed by atoms with Crippen LogP contribution in [0, 0.1) is 0 Å². The van der Waals surface area contributed by atoms with Crippen LogP contribution < -0.4 is 5.32 Å².